The lowest BCUT2D eigenvalue weighted by atomic mass is 9.96. The van der Waals surface area contributed by atoms with E-state index in [-0.39, 0.29) is 11.6 Å². The Morgan fingerprint density at radius 1 is 0.926 bits per heavy atom. The predicted molar refractivity (Wildman–Crippen MR) is 111 cm³/mol. The van der Waals surface area contributed by atoms with Gasteiger partial charge in [-0.1, -0.05) is 80.4 Å². The number of benzene rings is 2. The summed E-state index contributed by atoms with van der Waals surface area (Å²) in [5.41, 5.74) is 5.30. The lowest BCUT2D eigenvalue weighted by Gasteiger charge is -2.24. The first kappa shape index (κ1) is 19.1. The summed E-state index contributed by atoms with van der Waals surface area (Å²) in [6.07, 6.45) is 2.49. The standard InChI is InChI=1S/C24H28N2O/c1-5-10-21-22(6-2)25-18(4)26(24(21)27)23(19-11-8-7-9-12-19)20-15-13-17(3)14-16-20/h7-9,11-16,23H,5-6,10H2,1-4H3. The van der Waals surface area contributed by atoms with Gasteiger partial charge in [-0.25, -0.2) is 4.98 Å². The molecular weight excluding hydrogens is 332 g/mol. The van der Waals surface area contributed by atoms with Crippen LogP contribution in [0.1, 0.15) is 60.1 Å². The molecule has 0 radical (unpaired) electrons. The summed E-state index contributed by atoms with van der Waals surface area (Å²) in [5.74, 6) is 0.770. The van der Waals surface area contributed by atoms with Crippen molar-refractivity contribution in [2.75, 3.05) is 0 Å². The summed E-state index contributed by atoms with van der Waals surface area (Å²) in [6.45, 7) is 8.20. The van der Waals surface area contributed by atoms with Gasteiger partial charge in [0, 0.05) is 5.56 Å². The molecule has 1 atom stereocenters. The number of aryl methyl sites for hydroxylation is 3. The van der Waals surface area contributed by atoms with Gasteiger partial charge in [-0.15, -0.1) is 0 Å². The van der Waals surface area contributed by atoms with Crippen LogP contribution >= 0.6 is 0 Å². The van der Waals surface area contributed by atoms with E-state index in [1.165, 1.54) is 5.56 Å². The Kier molecular flexibility index (Phi) is 5.90. The highest BCUT2D eigenvalue weighted by Crippen LogP contribution is 2.27. The third-order valence-electron chi connectivity index (χ3n) is 5.07. The van der Waals surface area contributed by atoms with Crippen LogP contribution in [0, 0.1) is 13.8 Å². The van der Waals surface area contributed by atoms with E-state index in [1.807, 2.05) is 29.7 Å². The first-order valence-electron chi connectivity index (χ1n) is 9.79. The van der Waals surface area contributed by atoms with Crippen molar-refractivity contribution < 1.29 is 0 Å². The maximum Gasteiger partial charge on any atom is 0.257 e. The summed E-state index contributed by atoms with van der Waals surface area (Å²) in [7, 11) is 0. The third kappa shape index (κ3) is 3.87. The second-order valence-electron chi connectivity index (χ2n) is 7.09. The van der Waals surface area contributed by atoms with Crippen molar-refractivity contribution in [3.8, 4) is 0 Å². The topological polar surface area (TPSA) is 34.9 Å². The van der Waals surface area contributed by atoms with Gasteiger partial charge in [-0.05, 0) is 37.8 Å². The fourth-order valence-corrected chi connectivity index (χ4v) is 3.70. The van der Waals surface area contributed by atoms with E-state index in [0.717, 1.165) is 47.5 Å². The fraction of sp³-hybridized carbons (Fsp3) is 0.333. The molecule has 2 aromatic carbocycles. The molecule has 0 saturated heterocycles. The maximum absolute atomic E-state index is 13.5. The van der Waals surface area contributed by atoms with Gasteiger partial charge >= 0.3 is 0 Å². The molecule has 3 aromatic rings. The van der Waals surface area contributed by atoms with Crippen LogP contribution in [0.3, 0.4) is 0 Å². The molecule has 0 N–H and O–H groups in total. The van der Waals surface area contributed by atoms with Gasteiger partial charge in [-0.3, -0.25) is 9.36 Å². The van der Waals surface area contributed by atoms with E-state index in [9.17, 15) is 4.79 Å². The molecule has 3 heteroatoms. The molecule has 0 spiro atoms. The van der Waals surface area contributed by atoms with Crippen molar-refractivity contribution in [1.82, 2.24) is 9.55 Å². The molecule has 0 bridgehead atoms. The molecule has 0 aliphatic heterocycles. The predicted octanol–water partition coefficient (Wildman–Crippen LogP) is 5.01. The normalized spacial score (nSPS) is 12.1. The largest absolute Gasteiger partial charge is 0.285 e. The molecule has 0 fully saturated rings. The van der Waals surface area contributed by atoms with E-state index in [2.05, 4.69) is 57.2 Å². The van der Waals surface area contributed by atoms with Crippen molar-refractivity contribution in [3.63, 3.8) is 0 Å². The van der Waals surface area contributed by atoms with Gasteiger partial charge in [-0.2, -0.15) is 0 Å². The smallest absolute Gasteiger partial charge is 0.257 e. The molecule has 140 valence electrons. The lowest BCUT2D eigenvalue weighted by molar-refractivity contribution is 0.594. The van der Waals surface area contributed by atoms with Gasteiger partial charge in [0.2, 0.25) is 0 Å². The molecule has 0 aliphatic rings. The third-order valence-corrected chi connectivity index (χ3v) is 5.07. The van der Waals surface area contributed by atoms with E-state index in [0.29, 0.717) is 0 Å². The Morgan fingerprint density at radius 3 is 2.15 bits per heavy atom. The van der Waals surface area contributed by atoms with Crippen LogP contribution in [0.25, 0.3) is 0 Å². The minimum absolute atomic E-state index is 0.0932. The van der Waals surface area contributed by atoms with Crippen LogP contribution in [-0.4, -0.2) is 9.55 Å². The molecule has 27 heavy (non-hydrogen) atoms. The summed E-state index contributed by atoms with van der Waals surface area (Å²) >= 11 is 0. The molecule has 1 aromatic heterocycles. The molecule has 1 unspecified atom stereocenters. The summed E-state index contributed by atoms with van der Waals surface area (Å²) in [6, 6.07) is 18.5. The molecule has 0 aliphatic carbocycles. The van der Waals surface area contributed by atoms with Crippen LogP contribution in [-0.2, 0) is 12.8 Å². The SMILES string of the molecule is CCCc1c(CC)nc(C)n(C(c2ccccc2)c2ccc(C)cc2)c1=O. The van der Waals surface area contributed by atoms with Crippen molar-refractivity contribution in [2.24, 2.45) is 0 Å². The van der Waals surface area contributed by atoms with Crippen molar-refractivity contribution in [2.45, 2.75) is 53.0 Å². The number of aromatic nitrogens is 2. The van der Waals surface area contributed by atoms with Gasteiger partial charge < -0.3 is 0 Å². The number of hydrogen-bond donors (Lipinski definition) is 0. The quantitative estimate of drug-likeness (QED) is 0.619. The highest BCUT2D eigenvalue weighted by Gasteiger charge is 2.22. The lowest BCUT2D eigenvalue weighted by Crippen LogP contribution is -2.33. The molecule has 3 rings (SSSR count). The minimum Gasteiger partial charge on any atom is -0.285 e. The first-order chi connectivity index (χ1) is 13.1. The second-order valence-corrected chi connectivity index (χ2v) is 7.09. The van der Waals surface area contributed by atoms with Crippen LogP contribution in [0.4, 0.5) is 0 Å². The van der Waals surface area contributed by atoms with E-state index in [4.69, 9.17) is 4.98 Å². The van der Waals surface area contributed by atoms with Crippen molar-refractivity contribution in [3.05, 3.63) is 98.7 Å². The summed E-state index contributed by atoms with van der Waals surface area (Å²) in [4.78, 5) is 18.4. The Balaban J connectivity index is 2.28. The molecule has 1 heterocycles. The van der Waals surface area contributed by atoms with Crippen LogP contribution < -0.4 is 5.56 Å². The highest BCUT2D eigenvalue weighted by molar-refractivity contribution is 5.35. The highest BCUT2D eigenvalue weighted by atomic mass is 16.1. The summed E-state index contributed by atoms with van der Waals surface area (Å²) in [5, 5.41) is 0. The first-order valence-corrected chi connectivity index (χ1v) is 9.79. The van der Waals surface area contributed by atoms with Gasteiger partial charge in [0.05, 0.1) is 11.7 Å². The maximum atomic E-state index is 13.5. The van der Waals surface area contributed by atoms with E-state index < -0.39 is 0 Å². The number of hydrogen-bond acceptors (Lipinski definition) is 2. The molecule has 0 amide bonds. The van der Waals surface area contributed by atoms with Crippen molar-refractivity contribution >= 4 is 0 Å². The van der Waals surface area contributed by atoms with E-state index >= 15 is 0 Å². The molecule has 3 nitrogen and oxygen atoms in total. The molecule has 0 saturated carbocycles. The zero-order valence-electron chi connectivity index (χ0n) is 16.7. The number of nitrogens with zero attached hydrogens (tertiary/aromatic N) is 2. The average Bonchev–Trinajstić information content (AvgIpc) is 2.69. The minimum atomic E-state index is -0.173. The van der Waals surface area contributed by atoms with Crippen LogP contribution in [0.15, 0.2) is 59.4 Å². The van der Waals surface area contributed by atoms with Gasteiger partial charge in [0.25, 0.3) is 5.56 Å². The Bertz CT molecular complexity index is 956. The second kappa shape index (κ2) is 8.34. The van der Waals surface area contributed by atoms with Crippen molar-refractivity contribution in [1.29, 1.82) is 0 Å². The Labute approximate surface area is 161 Å². The van der Waals surface area contributed by atoms with Gasteiger partial charge in [0.15, 0.2) is 0 Å². The molecular formula is C24H28N2O. The fourth-order valence-electron chi connectivity index (χ4n) is 3.70. The average molecular weight is 361 g/mol. The van der Waals surface area contributed by atoms with Crippen LogP contribution in [0.2, 0.25) is 0 Å². The Hall–Kier alpha value is -2.68. The number of rotatable bonds is 6. The zero-order valence-corrected chi connectivity index (χ0v) is 16.7. The van der Waals surface area contributed by atoms with E-state index in [1.54, 1.807) is 0 Å². The van der Waals surface area contributed by atoms with Gasteiger partial charge in [0.1, 0.15) is 5.82 Å². The monoisotopic (exact) mass is 360 g/mol. The summed E-state index contributed by atoms with van der Waals surface area (Å²) < 4.78 is 1.88. The zero-order chi connectivity index (χ0) is 19.4. The van der Waals surface area contributed by atoms with Crippen LogP contribution in [0.5, 0.6) is 0 Å². The Morgan fingerprint density at radius 2 is 1.56 bits per heavy atom.